The smallest absolute Gasteiger partial charge is 0.256 e. The van der Waals surface area contributed by atoms with Crippen LogP contribution in [0.25, 0.3) is 5.57 Å². The van der Waals surface area contributed by atoms with Crippen molar-refractivity contribution >= 4 is 39.8 Å². The molecule has 2 aromatic rings. The Morgan fingerprint density at radius 3 is 2.47 bits per heavy atom. The summed E-state index contributed by atoms with van der Waals surface area (Å²) in [4.78, 5) is 14.7. The van der Waals surface area contributed by atoms with E-state index in [-0.39, 0.29) is 11.5 Å². The Kier molecular flexibility index (Phi) is 8.28. The van der Waals surface area contributed by atoms with E-state index in [9.17, 15) is 4.79 Å². The minimum Gasteiger partial charge on any atom is -0.440 e. The first-order valence-electron chi connectivity index (χ1n) is 12.9. The van der Waals surface area contributed by atoms with Crippen molar-refractivity contribution in [1.29, 1.82) is 0 Å². The second-order valence-electron chi connectivity index (χ2n) is 10.5. The van der Waals surface area contributed by atoms with Crippen LogP contribution in [0.5, 0.6) is 0 Å². The number of thioether (sulfide) groups is 1. The maximum Gasteiger partial charge on any atom is 0.256 e. The molecule has 2 aliphatic rings. The van der Waals surface area contributed by atoms with Crippen LogP contribution in [0.15, 0.2) is 53.1 Å². The molecule has 0 bridgehead atoms. The molecule has 0 unspecified atom stereocenters. The Balaban J connectivity index is 1.77. The highest BCUT2D eigenvalue weighted by atomic mass is 32.2. The van der Waals surface area contributed by atoms with Crippen LogP contribution in [0.4, 0.5) is 0 Å². The molecule has 1 fully saturated rings. The summed E-state index contributed by atoms with van der Waals surface area (Å²) in [5.74, 6) is 0.561. The van der Waals surface area contributed by atoms with Gasteiger partial charge in [0.25, 0.3) is 5.91 Å². The van der Waals surface area contributed by atoms with E-state index in [0.717, 1.165) is 60.3 Å². The number of carbonyl (C=O) groups is 1. The maximum absolute atomic E-state index is 13.7. The van der Waals surface area contributed by atoms with Crippen molar-refractivity contribution in [2.24, 2.45) is 0 Å². The summed E-state index contributed by atoms with van der Waals surface area (Å²) in [7, 11) is 0. The number of benzene rings is 2. The lowest BCUT2D eigenvalue weighted by molar-refractivity contribution is -0.118. The van der Waals surface area contributed by atoms with Gasteiger partial charge in [-0.1, -0.05) is 49.2 Å². The third kappa shape index (κ3) is 5.71. The molecular formula is C30H37NO3S2. The fourth-order valence-electron chi connectivity index (χ4n) is 5.78. The SMILES string of the molecule is CCCCO[C@@]1(C)CCC[C@@]2(C1)NC(=O)C(c1c(C)cc(C)cc1C)=C2OC(=S)Sc1ccccc1. The second-order valence-corrected chi connectivity index (χ2v) is 12.1. The van der Waals surface area contributed by atoms with Gasteiger partial charge in [-0.2, -0.15) is 0 Å². The van der Waals surface area contributed by atoms with Gasteiger partial charge < -0.3 is 14.8 Å². The van der Waals surface area contributed by atoms with Crippen molar-refractivity contribution in [1.82, 2.24) is 5.32 Å². The van der Waals surface area contributed by atoms with Crippen LogP contribution in [0.1, 0.15) is 74.6 Å². The van der Waals surface area contributed by atoms with Crippen molar-refractivity contribution < 1.29 is 14.3 Å². The molecule has 1 aliphatic heterocycles. The number of amides is 1. The Morgan fingerprint density at radius 2 is 1.81 bits per heavy atom. The summed E-state index contributed by atoms with van der Waals surface area (Å²) < 4.78 is 13.4. The lowest BCUT2D eigenvalue weighted by atomic mass is 9.72. The molecule has 1 amide bonds. The van der Waals surface area contributed by atoms with Crippen LogP contribution in [0.2, 0.25) is 0 Å². The fraction of sp³-hybridized carbons (Fsp3) is 0.467. The molecule has 6 heteroatoms. The number of carbonyl (C=O) groups excluding carboxylic acids is 1. The Hall–Kier alpha value is -2.15. The lowest BCUT2D eigenvalue weighted by Crippen LogP contribution is -2.54. The highest BCUT2D eigenvalue weighted by Crippen LogP contribution is 2.48. The van der Waals surface area contributed by atoms with E-state index in [2.05, 4.69) is 52.1 Å². The van der Waals surface area contributed by atoms with Crippen LogP contribution in [-0.4, -0.2) is 28.0 Å². The number of rotatable bonds is 7. The van der Waals surface area contributed by atoms with Gasteiger partial charge in [0.2, 0.25) is 4.38 Å². The predicted octanol–water partition coefficient (Wildman–Crippen LogP) is 7.43. The molecule has 1 heterocycles. The number of nitrogens with one attached hydrogen (secondary N) is 1. The molecule has 0 saturated heterocycles. The quantitative estimate of drug-likeness (QED) is 0.232. The molecule has 192 valence electrons. The largest absolute Gasteiger partial charge is 0.440 e. The predicted molar refractivity (Wildman–Crippen MR) is 152 cm³/mol. The first-order valence-corrected chi connectivity index (χ1v) is 14.1. The van der Waals surface area contributed by atoms with Gasteiger partial charge >= 0.3 is 0 Å². The topological polar surface area (TPSA) is 47.6 Å². The molecule has 0 aromatic heterocycles. The third-order valence-corrected chi connectivity index (χ3v) is 8.32. The molecule has 1 saturated carbocycles. The Labute approximate surface area is 225 Å². The van der Waals surface area contributed by atoms with E-state index in [0.29, 0.717) is 22.1 Å². The fourth-order valence-corrected chi connectivity index (χ4v) is 6.77. The van der Waals surface area contributed by atoms with Crippen molar-refractivity contribution in [3.05, 3.63) is 70.5 Å². The lowest BCUT2D eigenvalue weighted by Gasteiger charge is -2.45. The number of aryl methyl sites for hydroxylation is 3. The van der Waals surface area contributed by atoms with Gasteiger partial charge in [0.05, 0.1) is 11.2 Å². The first kappa shape index (κ1) is 26.9. The van der Waals surface area contributed by atoms with Gasteiger partial charge in [0, 0.05) is 17.9 Å². The number of unbranched alkanes of at least 4 members (excludes halogenated alkanes) is 1. The zero-order valence-corrected chi connectivity index (χ0v) is 23.7. The van der Waals surface area contributed by atoms with E-state index in [1.807, 2.05) is 30.3 Å². The zero-order chi connectivity index (χ0) is 25.9. The van der Waals surface area contributed by atoms with Gasteiger partial charge in [-0.05, 0) is 106 Å². The molecule has 2 atom stereocenters. The highest BCUT2D eigenvalue weighted by molar-refractivity contribution is 8.22. The molecule has 4 rings (SSSR count). The Bertz CT molecular complexity index is 1150. The van der Waals surface area contributed by atoms with Gasteiger partial charge in [-0.3, -0.25) is 4.79 Å². The Morgan fingerprint density at radius 1 is 1.11 bits per heavy atom. The third-order valence-electron chi connectivity index (χ3n) is 7.23. The number of thiocarbonyl (C=S) groups is 1. The summed E-state index contributed by atoms with van der Waals surface area (Å²) >= 11 is 7.14. The summed E-state index contributed by atoms with van der Waals surface area (Å²) in [5.41, 5.74) is 3.88. The van der Waals surface area contributed by atoms with Crippen LogP contribution in [0, 0.1) is 20.8 Å². The van der Waals surface area contributed by atoms with Gasteiger partial charge in [-0.15, -0.1) is 0 Å². The van der Waals surface area contributed by atoms with E-state index in [1.165, 1.54) is 17.3 Å². The van der Waals surface area contributed by atoms with E-state index < -0.39 is 5.54 Å². The standard InChI is InChI=1S/C30H37NO3S2/c1-6-7-16-33-29(5)14-11-15-30(19-29)26(34-28(35)36-23-12-9-8-10-13-23)25(27(32)31-30)24-21(3)17-20(2)18-22(24)4/h8-10,12-13,17-18H,6-7,11,14-16,19H2,1-5H3,(H,31,32)/t29-,30-/m0/s1. The van der Waals surface area contributed by atoms with Crippen molar-refractivity contribution in [3.63, 3.8) is 0 Å². The van der Waals surface area contributed by atoms with Gasteiger partial charge in [-0.25, -0.2) is 0 Å². The van der Waals surface area contributed by atoms with Crippen molar-refractivity contribution in [2.45, 2.75) is 89.2 Å². The van der Waals surface area contributed by atoms with Crippen LogP contribution >= 0.6 is 24.0 Å². The average Bonchev–Trinajstić information content (AvgIpc) is 3.04. The van der Waals surface area contributed by atoms with Crippen LogP contribution in [-0.2, 0) is 14.3 Å². The minimum atomic E-state index is -0.642. The number of ether oxygens (including phenoxy) is 2. The van der Waals surface area contributed by atoms with Gasteiger partial charge in [0.1, 0.15) is 11.3 Å². The van der Waals surface area contributed by atoms with Crippen LogP contribution < -0.4 is 5.32 Å². The first-order chi connectivity index (χ1) is 17.2. The monoisotopic (exact) mass is 523 g/mol. The molecule has 1 aliphatic carbocycles. The molecule has 2 aromatic carbocycles. The van der Waals surface area contributed by atoms with E-state index in [1.54, 1.807) is 0 Å². The average molecular weight is 524 g/mol. The van der Waals surface area contributed by atoms with Crippen molar-refractivity contribution in [2.75, 3.05) is 6.61 Å². The normalized spacial score (nSPS) is 23.8. The zero-order valence-electron chi connectivity index (χ0n) is 22.0. The summed E-state index contributed by atoms with van der Waals surface area (Å²) in [5, 5.41) is 3.36. The minimum absolute atomic E-state index is 0.0922. The second kappa shape index (κ2) is 11.1. The molecular weight excluding hydrogens is 486 g/mol. The number of hydrogen-bond acceptors (Lipinski definition) is 5. The molecule has 1 spiro atoms. The van der Waals surface area contributed by atoms with Gasteiger partial charge in [0.15, 0.2) is 0 Å². The molecule has 1 N–H and O–H groups in total. The number of hydrogen-bond donors (Lipinski definition) is 1. The van der Waals surface area contributed by atoms with Crippen molar-refractivity contribution in [3.8, 4) is 0 Å². The molecule has 0 radical (unpaired) electrons. The highest BCUT2D eigenvalue weighted by Gasteiger charge is 2.54. The molecule has 4 nitrogen and oxygen atoms in total. The molecule has 36 heavy (non-hydrogen) atoms. The van der Waals surface area contributed by atoms with E-state index >= 15 is 0 Å². The maximum atomic E-state index is 13.7. The summed E-state index contributed by atoms with van der Waals surface area (Å²) in [6, 6.07) is 14.2. The summed E-state index contributed by atoms with van der Waals surface area (Å²) in [6.07, 6.45) is 5.48. The van der Waals surface area contributed by atoms with E-state index in [4.69, 9.17) is 21.7 Å². The summed E-state index contributed by atoms with van der Waals surface area (Å²) in [6.45, 7) is 11.3. The van der Waals surface area contributed by atoms with Crippen LogP contribution in [0.3, 0.4) is 0 Å².